The van der Waals surface area contributed by atoms with Crippen molar-refractivity contribution in [1.82, 2.24) is 0 Å². The molecule has 0 unspecified atom stereocenters. The molecule has 0 spiro atoms. The lowest BCUT2D eigenvalue weighted by molar-refractivity contribution is 0.181. The fourth-order valence-corrected chi connectivity index (χ4v) is 3.66. The Kier molecular flexibility index (Phi) is 3.51. The minimum atomic E-state index is 0.149. The van der Waals surface area contributed by atoms with E-state index in [0.29, 0.717) is 12.0 Å². The molecule has 114 valence electrons. The minimum absolute atomic E-state index is 0.149. The summed E-state index contributed by atoms with van der Waals surface area (Å²) in [5, 5.41) is 17.4. The normalized spacial score (nSPS) is 26.9. The molecule has 22 heavy (non-hydrogen) atoms. The average molecular weight is 294 g/mol. The molecule has 0 saturated heterocycles. The van der Waals surface area contributed by atoms with E-state index in [0.717, 1.165) is 5.69 Å². The summed E-state index contributed by atoms with van der Waals surface area (Å²) in [4.78, 5) is 0. The standard InChI is InChI=1S/C19H22N2O/c22-12-16-18(13-10-11-13)21-17-9-5-4-8-15(17)19(16)20-14-6-2-1-3-7-14/h1-9,13,16,18-22H,10-12H2/t16-,18-,19-/m0/s1. The van der Waals surface area contributed by atoms with Crippen molar-refractivity contribution in [3.63, 3.8) is 0 Å². The highest BCUT2D eigenvalue weighted by Gasteiger charge is 2.43. The van der Waals surface area contributed by atoms with Crippen LogP contribution in [0, 0.1) is 11.8 Å². The van der Waals surface area contributed by atoms with Crippen LogP contribution in [0.3, 0.4) is 0 Å². The Morgan fingerprint density at radius 1 is 1.00 bits per heavy atom. The van der Waals surface area contributed by atoms with Crippen molar-refractivity contribution in [1.29, 1.82) is 0 Å². The predicted molar refractivity (Wildman–Crippen MR) is 90.0 cm³/mol. The van der Waals surface area contributed by atoms with Crippen LogP contribution < -0.4 is 10.6 Å². The first-order valence-corrected chi connectivity index (χ1v) is 8.15. The third-order valence-corrected chi connectivity index (χ3v) is 4.94. The van der Waals surface area contributed by atoms with E-state index in [1.54, 1.807) is 0 Å². The highest BCUT2D eigenvalue weighted by Crippen LogP contribution is 2.46. The first-order valence-electron chi connectivity index (χ1n) is 8.15. The minimum Gasteiger partial charge on any atom is -0.396 e. The molecule has 0 radical (unpaired) electrons. The Morgan fingerprint density at radius 2 is 1.73 bits per heavy atom. The maximum atomic E-state index is 10.0. The number of aliphatic hydroxyl groups is 1. The van der Waals surface area contributed by atoms with Gasteiger partial charge in [-0.1, -0.05) is 36.4 Å². The van der Waals surface area contributed by atoms with Crippen molar-refractivity contribution in [3.8, 4) is 0 Å². The van der Waals surface area contributed by atoms with Crippen molar-refractivity contribution in [3.05, 3.63) is 60.2 Å². The number of hydrogen-bond donors (Lipinski definition) is 3. The molecule has 1 heterocycles. The van der Waals surface area contributed by atoms with Crippen molar-refractivity contribution in [2.75, 3.05) is 17.2 Å². The molecule has 1 aliphatic carbocycles. The van der Waals surface area contributed by atoms with Crippen molar-refractivity contribution in [2.45, 2.75) is 24.9 Å². The second kappa shape index (κ2) is 5.65. The summed E-state index contributed by atoms with van der Waals surface area (Å²) >= 11 is 0. The van der Waals surface area contributed by atoms with Gasteiger partial charge in [-0.15, -0.1) is 0 Å². The molecule has 3 N–H and O–H groups in total. The molecular formula is C19H22N2O. The van der Waals surface area contributed by atoms with Crippen molar-refractivity contribution >= 4 is 11.4 Å². The van der Waals surface area contributed by atoms with E-state index in [9.17, 15) is 5.11 Å². The Labute approximate surface area is 131 Å². The highest BCUT2D eigenvalue weighted by atomic mass is 16.3. The van der Waals surface area contributed by atoms with Gasteiger partial charge in [-0.25, -0.2) is 0 Å². The van der Waals surface area contributed by atoms with Crippen molar-refractivity contribution < 1.29 is 5.11 Å². The van der Waals surface area contributed by atoms with Gasteiger partial charge in [-0.2, -0.15) is 0 Å². The number of para-hydroxylation sites is 2. The van der Waals surface area contributed by atoms with Gasteiger partial charge in [0.1, 0.15) is 0 Å². The van der Waals surface area contributed by atoms with Crippen LogP contribution in [0.1, 0.15) is 24.4 Å². The fourth-order valence-electron chi connectivity index (χ4n) is 3.66. The topological polar surface area (TPSA) is 44.3 Å². The van der Waals surface area contributed by atoms with E-state index in [-0.39, 0.29) is 18.6 Å². The molecule has 2 aromatic rings. The third-order valence-electron chi connectivity index (χ3n) is 4.94. The van der Waals surface area contributed by atoms with E-state index in [4.69, 9.17) is 0 Å². The average Bonchev–Trinajstić information content (AvgIpc) is 3.40. The lowest BCUT2D eigenvalue weighted by Gasteiger charge is -2.41. The molecule has 2 aromatic carbocycles. The van der Waals surface area contributed by atoms with Crippen LogP contribution in [0.4, 0.5) is 11.4 Å². The van der Waals surface area contributed by atoms with Crippen LogP contribution in [0.2, 0.25) is 0 Å². The molecule has 3 heteroatoms. The maximum absolute atomic E-state index is 10.0. The second-order valence-corrected chi connectivity index (χ2v) is 6.43. The van der Waals surface area contributed by atoms with Gasteiger partial charge in [0.2, 0.25) is 0 Å². The molecule has 3 atom stereocenters. The monoisotopic (exact) mass is 294 g/mol. The smallest absolute Gasteiger partial charge is 0.0604 e. The van der Waals surface area contributed by atoms with E-state index in [1.807, 2.05) is 18.2 Å². The molecule has 2 aliphatic rings. The molecule has 3 nitrogen and oxygen atoms in total. The lowest BCUT2D eigenvalue weighted by Crippen LogP contribution is -2.43. The SMILES string of the molecule is OC[C@@H]1[C@@H](Nc2ccccc2)c2ccccc2N[C@H]1C1CC1. The number of rotatable bonds is 4. The van der Waals surface area contributed by atoms with Crippen LogP contribution in [0.25, 0.3) is 0 Å². The molecule has 0 bridgehead atoms. The molecule has 0 aromatic heterocycles. The van der Waals surface area contributed by atoms with Crippen LogP contribution in [-0.2, 0) is 0 Å². The Hall–Kier alpha value is -2.00. The first-order chi connectivity index (χ1) is 10.9. The summed E-state index contributed by atoms with van der Waals surface area (Å²) in [5.74, 6) is 0.896. The summed E-state index contributed by atoms with van der Waals surface area (Å²) in [7, 11) is 0. The quantitative estimate of drug-likeness (QED) is 0.806. The van der Waals surface area contributed by atoms with E-state index < -0.39 is 0 Å². The summed E-state index contributed by atoms with van der Waals surface area (Å²) in [5.41, 5.74) is 3.57. The molecule has 1 saturated carbocycles. The van der Waals surface area contributed by atoms with Gasteiger partial charge >= 0.3 is 0 Å². The van der Waals surface area contributed by atoms with Gasteiger partial charge in [0.15, 0.2) is 0 Å². The van der Waals surface area contributed by atoms with E-state index in [1.165, 1.54) is 24.1 Å². The Morgan fingerprint density at radius 3 is 2.45 bits per heavy atom. The van der Waals surface area contributed by atoms with E-state index in [2.05, 4.69) is 47.0 Å². The number of aliphatic hydroxyl groups excluding tert-OH is 1. The number of nitrogens with one attached hydrogen (secondary N) is 2. The lowest BCUT2D eigenvalue weighted by atomic mass is 9.80. The Balaban J connectivity index is 1.71. The van der Waals surface area contributed by atoms with Gasteiger partial charge in [0, 0.05) is 23.3 Å². The van der Waals surface area contributed by atoms with Crippen LogP contribution in [0.5, 0.6) is 0 Å². The van der Waals surface area contributed by atoms with Gasteiger partial charge in [-0.3, -0.25) is 0 Å². The van der Waals surface area contributed by atoms with Crippen LogP contribution >= 0.6 is 0 Å². The predicted octanol–water partition coefficient (Wildman–Crippen LogP) is 3.65. The molecule has 1 aliphatic heterocycles. The number of anilines is 2. The fraction of sp³-hybridized carbons (Fsp3) is 0.368. The van der Waals surface area contributed by atoms with Gasteiger partial charge in [-0.05, 0) is 42.5 Å². The zero-order valence-electron chi connectivity index (χ0n) is 12.6. The summed E-state index contributed by atoms with van der Waals surface area (Å²) in [6.45, 7) is 0.201. The number of hydrogen-bond acceptors (Lipinski definition) is 3. The molecule has 0 amide bonds. The third kappa shape index (κ3) is 2.46. The van der Waals surface area contributed by atoms with Gasteiger partial charge < -0.3 is 15.7 Å². The highest BCUT2D eigenvalue weighted by molar-refractivity contribution is 5.59. The molecular weight excluding hydrogens is 272 g/mol. The van der Waals surface area contributed by atoms with Gasteiger partial charge in [0.25, 0.3) is 0 Å². The van der Waals surface area contributed by atoms with E-state index >= 15 is 0 Å². The largest absolute Gasteiger partial charge is 0.396 e. The zero-order valence-corrected chi connectivity index (χ0v) is 12.6. The number of fused-ring (bicyclic) bond motifs is 1. The molecule has 1 fully saturated rings. The zero-order chi connectivity index (χ0) is 14.9. The number of benzene rings is 2. The summed E-state index contributed by atoms with van der Waals surface area (Å²) < 4.78 is 0. The van der Waals surface area contributed by atoms with Crippen LogP contribution in [-0.4, -0.2) is 17.8 Å². The first kappa shape index (κ1) is 13.6. The second-order valence-electron chi connectivity index (χ2n) is 6.43. The van der Waals surface area contributed by atoms with Crippen molar-refractivity contribution in [2.24, 2.45) is 11.8 Å². The van der Waals surface area contributed by atoms with Crippen LogP contribution in [0.15, 0.2) is 54.6 Å². The maximum Gasteiger partial charge on any atom is 0.0604 e. The molecule has 4 rings (SSSR count). The Bertz CT molecular complexity index is 639. The van der Waals surface area contributed by atoms with Gasteiger partial charge in [0.05, 0.1) is 12.6 Å². The summed E-state index contributed by atoms with van der Waals surface area (Å²) in [6, 6.07) is 19.3. The summed E-state index contributed by atoms with van der Waals surface area (Å²) in [6.07, 6.45) is 2.54.